The molecular formula is C19H16O2. The summed E-state index contributed by atoms with van der Waals surface area (Å²) in [6.07, 6.45) is 4.02. The number of ether oxygens (including phenoxy) is 1. The van der Waals surface area contributed by atoms with Crippen LogP contribution in [-0.4, -0.2) is 0 Å². The van der Waals surface area contributed by atoms with E-state index in [2.05, 4.69) is 24.3 Å². The highest BCUT2D eigenvalue weighted by Gasteiger charge is 2.23. The fourth-order valence-electron chi connectivity index (χ4n) is 2.95. The molecule has 0 saturated heterocycles. The lowest BCUT2D eigenvalue weighted by molar-refractivity contribution is 0.207. The Morgan fingerprint density at radius 3 is 2.57 bits per heavy atom. The van der Waals surface area contributed by atoms with Crippen LogP contribution in [0.4, 0.5) is 0 Å². The first-order valence-corrected chi connectivity index (χ1v) is 7.28. The summed E-state index contributed by atoms with van der Waals surface area (Å²) >= 11 is 0. The Labute approximate surface area is 124 Å². The van der Waals surface area contributed by atoms with Crippen molar-refractivity contribution >= 4 is 0 Å². The molecule has 2 heteroatoms. The van der Waals surface area contributed by atoms with E-state index in [1.165, 1.54) is 11.1 Å². The molecule has 0 saturated carbocycles. The molecule has 4 rings (SSSR count). The van der Waals surface area contributed by atoms with Gasteiger partial charge in [-0.1, -0.05) is 24.3 Å². The van der Waals surface area contributed by atoms with E-state index in [0.717, 1.165) is 29.9 Å². The van der Waals surface area contributed by atoms with Gasteiger partial charge >= 0.3 is 0 Å². The SMILES string of the molecule is c1coc(-c2ccc(OC3CCc4ccccc43)cc2)c1. The van der Waals surface area contributed by atoms with E-state index in [1.54, 1.807) is 6.26 Å². The maximum Gasteiger partial charge on any atom is 0.133 e. The van der Waals surface area contributed by atoms with Gasteiger partial charge in [-0.3, -0.25) is 0 Å². The largest absolute Gasteiger partial charge is 0.486 e. The third-order valence-corrected chi connectivity index (χ3v) is 4.02. The van der Waals surface area contributed by atoms with Gasteiger partial charge in [-0.15, -0.1) is 0 Å². The van der Waals surface area contributed by atoms with Crippen LogP contribution in [0, 0.1) is 0 Å². The maximum absolute atomic E-state index is 6.14. The Morgan fingerprint density at radius 2 is 1.76 bits per heavy atom. The van der Waals surface area contributed by atoms with Crippen LogP contribution >= 0.6 is 0 Å². The highest BCUT2D eigenvalue weighted by Crippen LogP contribution is 2.35. The average Bonchev–Trinajstić information content (AvgIpc) is 3.19. The van der Waals surface area contributed by atoms with Crippen LogP contribution in [0.15, 0.2) is 71.3 Å². The van der Waals surface area contributed by atoms with Gasteiger partial charge in [0, 0.05) is 5.56 Å². The van der Waals surface area contributed by atoms with E-state index < -0.39 is 0 Å². The van der Waals surface area contributed by atoms with Crippen molar-refractivity contribution in [2.75, 3.05) is 0 Å². The molecule has 2 aromatic carbocycles. The number of furan rings is 1. The van der Waals surface area contributed by atoms with Gasteiger partial charge in [0.2, 0.25) is 0 Å². The molecule has 0 bridgehead atoms. The zero-order valence-corrected chi connectivity index (χ0v) is 11.7. The van der Waals surface area contributed by atoms with Gasteiger partial charge in [0.1, 0.15) is 17.6 Å². The van der Waals surface area contributed by atoms with Gasteiger partial charge in [0.15, 0.2) is 0 Å². The lowest BCUT2D eigenvalue weighted by atomic mass is 10.1. The number of rotatable bonds is 3. The highest BCUT2D eigenvalue weighted by atomic mass is 16.5. The number of benzene rings is 2. The molecule has 0 aliphatic heterocycles. The molecule has 3 aromatic rings. The first-order valence-electron chi connectivity index (χ1n) is 7.28. The number of aryl methyl sites for hydroxylation is 1. The molecular weight excluding hydrogens is 260 g/mol. The number of hydrogen-bond donors (Lipinski definition) is 0. The molecule has 0 N–H and O–H groups in total. The van der Waals surface area contributed by atoms with Gasteiger partial charge < -0.3 is 9.15 Å². The van der Waals surface area contributed by atoms with Crippen LogP contribution < -0.4 is 4.74 Å². The molecule has 1 unspecified atom stereocenters. The number of hydrogen-bond acceptors (Lipinski definition) is 2. The third-order valence-electron chi connectivity index (χ3n) is 4.02. The van der Waals surface area contributed by atoms with Crippen molar-refractivity contribution in [3.8, 4) is 17.1 Å². The quantitative estimate of drug-likeness (QED) is 0.670. The Kier molecular flexibility index (Phi) is 3.00. The van der Waals surface area contributed by atoms with Crippen LogP contribution in [-0.2, 0) is 6.42 Å². The predicted octanol–water partition coefficient (Wildman–Crippen LogP) is 5.01. The summed E-state index contributed by atoms with van der Waals surface area (Å²) in [6, 6.07) is 20.5. The molecule has 21 heavy (non-hydrogen) atoms. The van der Waals surface area contributed by atoms with Gasteiger partial charge in [-0.05, 0) is 60.4 Å². The van der Waals surface area contributed by atoms with Gasteiger partial charge in [0.05, 0.1) is 6.26 Å². The van der Waals surface area contributed by atoms with Crippen molar-refractivity contribution in [3.05, 3.63) is 78.1 Å². The van der Waals surface area contributed by atoms with Crippen molar-refractivity contribution in [2.45, 2.75) is 18.9 Å². The summed E-state index contributed by atoms with van der Waals surface area (Å²) in [5.41, 5.74) is 3.81. The second kappa shape index (κ2) is 5.13. The van der Waals surface area contributed by atoms with Crippen molar-refractivity contribution < 1.29 is 9.15 Å². The van der Waals surface area contributed by atoms with Crippen LogP contribution in [0.3, 0.4) is 0 Å². The Balaban J connectivity index is 1.53. The first-order chi connectivity index (χ1) is 10.4. The standard InChI is InChI=1S/C19H16O2/c1-2-5-17-14(4-1)9-12-19(17)21-16-10-7-15(8-11-16)18-6-3-13-20-18/h1-8,10-11,13,19H,9,12H2. The summed E-state index contributed by atoms with van der Waals surface area (Å²) in [6.45, 7) is 0. The maximum atomic E-state index is 6.14. The van der Waals surface area contributed by atoms with E-state index in [-0.39, 0.29) is 6.10 Å². The fourth-order valence-corrected chi connectivity index (χ4v) is 2.95. The lowest BCUT2D eigenvalue weighted by Gasteiger charge is -2.15. The second-order valence-electron chi connectivity index (χ2n) is 5.35. The molecule has 1 atom stereocenters. The summed E-state index contributed by atoms with van der Waals surface area (Å²) in [5.74, 6) is 1.79. The van der Waals surface area contributed by atoms with Crippen LogP contribution in [0.5, 0.6) is 5.75 Å². The normalized spacial score (nSPS) is 16.7. The van der Waals surface area contributed by atoms with E-state index in [0.29, 0.717) is 0 Å². The molecule has 0 fully saturated rings. The molecule has 104 valence electrons. The molecule has 0 radical (unpaired) electrons. The van der Waals surface area contributed by atoms with Crippen molar-refractivity contribution in [1.29, 1.82) is 0 Å². The smallest absolute Gasteiger partial charge is 0.133 e. The molecule has 1 heterocycles. The monoisotopic (exact) mass is 276 g/mol. The molecule has 1 aliphatic carbocycles. The van der Waals surface area contributed by atoms with E-state index in [9.17, 15) is 0 Å². The average molecular weight is 276 g/mol. The van der Waals surface area contributed by atoms with Gasteiger partial charge in [0.25, 0.3) is 0 Å². The van der Waals surface area contributed by atoms with Gasteiger partial charge in [-0.2, -0.15) is 0 Å². The predicted molar refractivity (Wildman–Crippen MR) is 82.3 cm³/mol. The summed E-state index contributed by atoms with van der Waals surface area (Å²) in [7, 11) is 0. The Bertz CT molecular complexity index is 727. The van der Waals surface area contributed by atoms with Gasteiger partial charge in [-0.25, -0.2) is 0 Å². The zero-order chi connectivity index (χ0) is 14.1. The fraction of sp³-hybridized carbons (Fsp3) is 0.158. The highest BCUT2D eigenvalue weighted by molar-refractivity contribution is 5.58. The molecule has 1 aliphatic rings. The van der Waals surface area contributed by atoms with Crippen LogP contribution in [0.2, 0.25) is 0 Å². The van der Waals surface area contributed by atoms with E-state index in [1.807, 2.05) is 36.4 Å². The zero-order valence-electron chi connectivity index (χ0n) is 11.7. The van der Waals surface area contributed by atoms with E-state index in [4.69, 9.17) is 9.15 Å². The topological polar surface area (TPSA) is 22.4 Å². The van der Waals surface area contributed by atoms with Crippen LogP contribution in [0.25, 0.3) is 11.3 Å². The molecule has 2 nitrogen and oxygen atoms in total. The molecule has 1 aromatic heterocycles. The minimum Gasteiger partial charge on any atom is -0.486 e. The summed E-state index contributed by atoms with van der Waals surface area (Å²) in [5, 5.41) is 0. The lowest BCUT2D eigenvalue weighted by Crippen LogP contribution is -2.03. The summed E-state index contributed by atoms with van der Waals surface area (Å²) < 4.78 is 11.5. The Morgan fingerprint density at radius 1 is 0.905 bits per heavy atom. The van der Waals surface area contributed by atoms with Crippen molar-refractivity contribution in [1.82, 2.24) is 0 Å². The number of fused-ring (bicyclic) bond motifs is 1. The third kappa shape index (κ3) is 2.33. The van der Waals surface area contributed by atoms with Crippen molar-refractivity contribution in [2.24, 2.45) is 0 Å². The van der Waals surface area contributed by atoms with E-state index >= 15 is 0 Å². The minimum atomic E-state index is 0.177. The molecule has 0 amide bonds. The van der Waals surface area contributed by atoms with Crippen LogP contribution in [0.1, 0.15) is 23.7 Å². The molecule has 0 spiro atoms. The summed E-state index contributed by atoms with van der Waals surface area (Å²) in [4.78, 5) is 0. The Hall–Kier alpha value is -2.48. The minimum absolute atomic E-state index is 0.177. The van der Waals surface area contributed by atoms with Crippen molar-refractivity contribution in [3.63, 3.8) is 0 Å². The first kappa shape index (κ1) is 12.3. The second-order valence-corrected chi connectivity index (χ2v) is 5.35.